The van der Waals surface area contributed by atoms with Crippen LogP contribution in [0.2, 0.25) is 0 Å². The molecule has 0 spiro atoms. The Hall–Kier alpha value is -2.38. The van der Waals surface area contributed by atoms with Crippen LogP contribution in [0, 0.1) is 6.92 Å². The molecule has 1 heterocycles. The maximum Gasteiger partial charge on any atom is 0.254 e. The van der Waals surface area contributed by atoms with E-state index < -0.39 is 10.0 Å². The van der Waals surface area contributed by atoms with Crippen molar-refractivity contribution in [1.29, 1.82) is 0 Å². The van der Waals surface area contributed by atoms with Crippen LogP contribution in [0.1, 0.15) is 35.3 Å². The van der Waals surface area contributed by atoms with E-state index in [-0.39, 0.29) is 10.8 Å². The van der Waals surface area contributed by atoms with Crippen LogP contribution in [0.4, 0.5) is 5.69 Å². The number of carbonyl (C=O) groups excluding carboxylic acids is 1. The van der Waals surface area contributed by atoms with Crippen LogP contribution in [0.3, 0.4) is 0 Å². The summed E-state index contributed by atoms with van der Waals surface area (Å²) >= 11 is 0. The Kier molecular flexibility index (Phi) is 6.29. The first-order chi connectivity index (χ1) is 13.8. The van der Waals surface area contributed by atoms with Crippen molar-refractivity contribution in [3.05, 3.63) is 59.2 Å². The molecule has 0 radical (unpaired) electrons. The largest absolute Gasteiger partial charge is 0.373 e. The first-order valence-electron chi connectivity index (χ1n) is 9.98. The van der Waals surface area contributed by atoms with Gasteiger partial charge in [0, 0.05) is 51.0 Å². The van der Waals surface area contributed by atoms with Gasteiger partial charge in [0.2, 0.25) is 10.0 Å². The van der Waals surface area contributed by atoms with E-state index in [1.54, 1.807) is 24.0 Å². The Morgan fingerprint density at radius 3 is 2.45 bits per heavy atom. The number of fused-ring (bicyclic) bond motifs is 1. The summed E-state index contributed by atoms with van der Waals surface area (Å²) in [4.78, 5) is 17.4. The van der Waals surface area contributed by atoms with Crippen LogP contribution in [-0.2, 0) is 16.6 Å². The van der Waals surface area contributed by atoms with Gasteiger partial charge in [-0.2, -0.15) is 4.31 Å². The lowest BCUT2D eigenvalue weighted by molar-refractivity contribution is 0.0751. The third-order valence-electron chi connectivity index (χ3n) is 5.51. The van der Waals surface area contributed by atoms with Gasteiger partial charge in [0.15, 0.2) is 0 Å². The summed E-state index contributed by atoms with van der Waals surface area (Å²) in [5.74, 6) is -0.147. The Balaban J connectivity index is 1.95. The number of rotatable bonds is 5. The van der Waals surface area contributed by atoms with Crippen LogP contribution in [-0.4, -0.2) is 56.8 Å². The molecule has 156 valence electrons. The number of carbonyl (C=O) groups is 1. The molecule has 0 unspecified atom stereocenters. The summed E-state index contributed by atoms with van der Waals surface area (Å²) in [6.45, 7) is 7.99. The minimum atomic E-state index is -3.63. The third-order valence-corrected chi connectivity index (χ3v) is 7.71. The molecular formula is C22H29N3O3S. The molecule has 7 heteroatoms. The molecule has 2 aromatic rings. The highest BCUT2D eigenvalue weighted by molar-refractivity contribution is 7.89. The number of benzene rings is 2. The van der Waals surface area contributed by atoms with Crippen molar-refractivity contribution >= 4 is 21.6 Å². The number of hydrogen-bond acceptors (Lipinski definition) is 4. The molecule has 0 N–H and O–H groups in total. The number of para-hydroxylation sites is 1. The third kappa shape index (κ3) is 4.16. The summed E-state index contributed by atoms with van der Waals surface area (Å²) < 4.78 is 27.5. The van der Waals surface area contributed by atoms with E-state index in [0.717, 1.165) is 17.8 Å². The van der Waals surface area contributed by atoms with E-state index in [0.29, 0.717) is 37.3 Å². The standard InChI is InChI=1S/C22H29N3O3S/c1-5-25(6-2)29(27,28)21-15-18(12-11-17(21)3)22(26)24-14-13-23(4)20-10-8-7-9-19(20)16-24/h7-12,15H,5-6,13-14,16H2,1-4H3. The zero-order valence-corrected chi connectivity index (χ0v) is 18.4. The molecule has 1 aliphatic heterocycles. The lowest BCUT2D eigenvalue weighted by atomic mass is 10.1. The molecule has 0 saturated heterocycles. The topological polar surface area (TPSA) is 60.9 Å². The first-order valence-corrected chi connectivity index (χ1v) is 11.4. The average Bonchev–Trinajstić information content (AvgIpc) is 2.87. The molecule has 0 fully saturated rings. The molecule has 2 aromatic carbocycles. The van der Waals surface area contributed by atoms with Gasteiger partial charge in [0.25, 0.3) is 5.91 Å². The molecule has 29 heavy (non-hydrogen) atoms. The normalized spacial score (nSPS) is 14.7. The van der Waals surface area contributed by atoms with E-state index >= 15 is 0 Å². The summed E-state index contributed by atoms with van der Waals surface area (Å²) in [5.41, 5.74) is 3.26. The van der Waals surface area contributed by atoms with E-state index in [1.165, 1.54) is 10.4 Å². The van der Waals surface area contributed by atoms with Crippen LogP contribution < -0.4 is 4.90 Å². The van der Waals surface area contributed by atoms with Gasteiger partial charge in [-0.15, -0.1) is 0 Å². The fourth-order valence-corrected chi connectivity index (χ4v) is 5.47. The maximum atomic E-state index is 13.3. The second-order valence-electron chi connectivity index (χ2n) is 7.35. The Morgan fingerprint density at radius 2 is 1.76 bits per heavy atom. The fraction of sp³-hybridized carbons (Fsp3) is 0.409. The van der Waals surface area contributed by atoms with Gasteiger partial charge < -0.3 is 9.80 Å². The van der Waals surface area contributed by atoms with Gasteiger partial charge in [-0.05, 0) is 36.2 Å². The predicted octanol–water partition coefficient (Wildman–Crippen LogP) is 3.12. The molecule has 0 saturated carbocycles. The van der Waals surface area contributed by atoms with Crippen molar-refractivity contribution in [3.63, 3.8) is 0 Å². The van der Waals surface area contributed by atoms with Crippen molar-refractivity contribution in [2.24, 2.45) is 0 Å². The van der Waals surface area contributed by atoms with Crippen molar-refractivity contribution in [3.8, 4) is 0 Å². The van der Waals surface area contributed by atoms with Gasteiger partial charge in [0.1, 0.15) is 0 Å². The Bertz CT molecular complexity index is 1000. The number of anilines is 1. The Labute approximate surface area is 173 Å². The second kappa shape index (κ2) is 8.55. The maximum absolute atomic E-state index is 13.3. The van der Waals surface area contributed by atoms with E-state index in [4.69, 9.17) is 0 Å². The van der Waals surface area contributed by atoms with Gasteiger partial charge in [-0.1, -0.05) is 38.1 Å². The predicted molar refractivity (Wildman–Crippen MR) is 116 cm³/mol. The molecule has 6 nitrogen and oxygen atoms in total. The number of aryl methyl sites for hydroxylation is 1. The highest BCUT2D eigenvalue weighted by Gasteiger charge is 2.27. The van der Waals surface area contributed by atoms with Gasteiger partial charge in [-0.25, -0.2) is 8.42 Å². The SMILES string of the molecule is CCN(CC)S(=O)(=O)c1cc(C(=O)N2CCN(C)c3ccccc3C2)ccc1C. The van der Waals surface area contributed by atoms with Gasteiger partial charge >= 0.3 is 0 Å². The molecule has 0 aromatic heterocycles. The lowest BCUT2D eigenvalue weighted by Crippen LogP contribution is -2.35. The minimum Gasteiger partial charge on any atom is -0.373 e. The zero-order chi connectivity index (χ0) is 21.2. The molecule has 0 atom stereocenters. The Morgan fingerprint density at radius 1 is 1.07 bits per heavy atom. The zero-order valence-electron chi connectivity index (χ0n) is 17.6. The number of nitrogens with zero attached hydrogens (tertiary/aromatic N) is 3. The molecular weight excluding hydrogens is 386 g/mol. The van der Waals surface area contributed by atoms with Crippen LogP contribution in [0.5, 0.6) is 0 Å². The monoisotopic (exact) mass is 415 g/mol. The minimum absolute atomic E-state index is 0.147. The van der Waals surface area contributed by atoms with Crippen molar-refractivity contribution in [2.75, 3.05) is 38.1 Å². The van der Waals surface area contributed by atoms with Crippen LogP contribution in [0.15, 0.2) is 47.4 Å². The number of sulfonamides is 1. The van der Waals surface area contributed by atoms with E-state index in [9.17, 15) is 13.2 Å². The molecule has 3 rings (SSSR count). The summed E-state index contributed by atoms with van der Waals surface area (Å²) in [5, 5.41) is 0. The first kappa shape index (κ1) is 21.3. The number of amides is 1. The van der Waals surface area contributed by atoms with Crippen molar-refractivity contribution in [2.45, 2.75) is 32.2 Å². The number of hydrogen-bond donors (Lipinski definition) is 0. The second-order valence-corrected chi connectivity index (χ2v) is 9.25. The number of likely N-dealkylation sites (N-methyl/N-ethyl adjacent to an activating group) is 1. The van der Waals surface area contributed by atoms with Gasteiger partial charge in [-0.3, -0.25) is 4.79 Å². The summed E-state index contributed by atoms with van der Waals surface area (Å²) in [7, 11) is -1.61. The lowest BCUT2D eigenvalue weighted by Gasteiger charge is -2.23. The van der Waals surface area contributed by atoms with Crippen LogP contribution >= 0.6 is 0 Å². The van der Waals surface area contributed by atoms with Crippen LogP contribution in [0.25, 0.3) is 0 Å². The molecule has 0 aliphatic carbocycles. The van der Waals surface area contributed by atoms with E-state index in [2.05, 4.69) is 11.0 Å². The average molecular weight is 416 g/mol. The van der Waals surface area contributed by atoms with Crippen molar-refractivity contribution < 1.29 is 13.2 Å². The quantitative estimate of drug-likeness (QED) is 0.753. The molecule has 1 aliphatic rings. The smallest absolute Gasteiger partial charge is 0.254 e. The van der Waals surface area contributed by atoms with Crippen molar-refractivity contribution in [1.82, 2.24) is 9.21 Å². The van der Waals surface area contributed by atoms with E-state index in [1.807, 2.05) is 39.1 Å². The molecule has 0 bridgehead atoms. The highest BCUT2D eigenvalue weighted by atomic mass is 32.2. The summed E-state index contributed by atoms with van der Waals surface area (Å²) in [6.07, 6.45) is 0. The fourth-order valence-electron chi connectivity index (χ4n) is 3.76. The molecule has 1 amide bonds. The summed E-state index contributed by atoms with van der Waals surface area (Å²) in [6, 6.07) is 13.0. The highest BCUT2D eigenvalue weighted by Crippen LogP contribution is 2.26. The van der Waals surface area contributed by atoms with Gasteiger partial charge in [0.05, 0.1) is 4.90 Å².